The summed E-state index contributed by atoms with van der Waals surface area (Å²) in [6, 6.07) is 9.91. The van der Waals surface area contributed by atoms with Crippen LogP contribution in [-0.2, 0) is 0 Å². The second-order valence-electron chi connectivity index (χ2n) is 5.06. The summed E-state index contributed by atoms with van der Waals surface area (Å²) < 4.78 is 10.6. The van der Waals surface area contributed by atoms with Crippen molar-refractivity contribution in [2.24, 2.45) is 4.99 Å². The molecule has 0 aliphatic carbocycles. The molecular weight excluding hydrogens is 310 g/mol. The van der Waals surface area contributed by atoms with Gasteiger partial charge in [0, 0.05) is 36.1 Å². The number of hydrogen-bond acceptors (Lipinski definition) is 4. The van der Waals surface area contributed by atoms with E-state index < -0.39 is 0 Å². The lowest BCUT2D eigenvalue weighted by Crippen LogP contribution is -2.33. The minimum absolute atomic E-state index is 0.430. The van der Waals surface area contributed by atoms with Gasteiger partial charge in [-0.1, -0.05) is 13.0 Å². The van der Waals surface area contributed by atoms with Crippen LogP contribution in [0.4, 0.5) is 5.69 Å². The number of benzene rings is 1. The third-order valence-corrected chi connectivity index (χ3v) is 4.58. The van der Waals surface area contributed by atoms with Crippen LogP contribution in [0.25, 0.3) is 0 Å². The zero-order valence-electron chi connectivity index (χ0n) is 13.9. The summed E-state index contributed by atoms with van der Waals surface area (Å²) in [4.78, 5) is 5.62. The number of nitrogens with zero attached hydrogens (tertiary/aromatic N) is 1. The number of ether oxygens (including phenoxy) is 2. The standard InChI is InChI=1S/C17H23N3O2S/c1-12(16-6-5-9-23-16)11-19-17(18-2)20-13-7-8-14(21-3)15(10-13)22-4/h5-10,12H,11H2,1-4H3,(H2,18,19,20). The summed E-state index contributed by atoms with van der Waals surface area (Å²) in [7, 11) is 5.00. The SMILES string of the molecule is CN=C(NCC(C)c1cccs1)Nc1ccc(OC)c(OC)c1. The van der Waals surface area contributed by atoms with Gasteiger partial charge in [0.05, 0.1) is 14.2 Å². The van der Waals surface area contributed by atoms with Gasteiger partial charge in [-0.05, 0) is 23.6 Å². The van der Waals surface area contributed by atoms with Crippen LogP contribution < -0.4 is 20.1 Å². The molecule has 0 bridgehead atoms. The van der Waals surface area contributed by atoms with Crippen LogP contribution in [0.5, 0.6) is 11.5 Å². The Bertz CT molecular complexity index is 641. The molecule has 0 aliphatic rings. The summed E-state index contributed by atoms with van der Waals surface area (Å²) in [6.45, 7) is 3.01. The Kier molecular flexibility index (Phi) is 6.29. The Labute approximate surface area is 141 Å². The first-order valence-electron chi connectivity index (χ1n) is 7.41. The Morgan fingerprint density at radius 1 is 1.22 bits per heavy atom. The van der Waals surface area contributed by atoms with Gasteiger partial charge in [-0.15, -0.1) is 11.3 Å². The lowest BCUT2D eigenvalue weighted by Gasteiger charge is -2.16. The van der Waals surface area contributed by atoms with E-state index in [0.29, 0.717) is 17.4 Å². The molecule has 5 nitrogen and oxygen atoms in total. The molecule has 6 heteroatoms. The highest BCUT2D eigenvalue weighted by atomic mass is 32.1. The number of methoxy groups -OCH3 is 2. The average molecular weight is 333 g/mol. The van der Waals surface area contributed by atoms with Gasteiger partial charge in [0.15, 0.2) is 17.5 Å². The van der Waals surface area contributed by atoms with Crippen molar-refractivity contribution in [3.8, 4) is 11.5 Å². The number of hydrogen-bond donors (Lipinski definition) is 2. The van der Waals surface area contributed by atoms with Gasteiger partial charge in [0.25, 0.3) is 0 Å². The normalized spacial score (nSPS) is 12.6. The highest BCUT2D eigenvalue weighted by Gasteiger charge is 2.09. The molecule has 0 amide bonds. The molecule has 0 fully saturated rings. The Morgan fingerprint density at radius 2 is 2.00 bits per heavy atom. The van der Waals surface area contributed by atoms with Crippen LogP contribution in [0.15, 0.2) is 40.7 Å². The van der Waals surface area contributed by atoms with Crippen molar-refractivity contribution in [1.29, 1.82) is 0 Å². The van der Waals surface area contributed by atoms with Crippen LogP contribution in [0.2, 0.25) is 0 Å². The third kappa shape index (κ3) is 4.63. The molecular formula is C17H23N3O2S. The maximum absolute atomic E-state index is 5.32. The second kappa shape index (κ2) is 8.43. The topological polar surface area (TPSA) is 54.9 Å². The molecule has 0 aliphatic heterocycles. The van der Waals surface area contributed by atoms with Crippen LogP contribution in [0.3, 0.4) is 0 Å². The van der Waals surface area contributed by atoms with Gasteiger partial charge in [-0.2, -0.15) is 0 Å². The molecule has 0 saturated heterocycles. The highest BCUT2D eigenvalue weighted by molar-refractivity contribution is 7.10. The summed E-state index contributed by atoms with van der Waals surface area (Å²) >= 11 is 1.77. The lowest BCUT2D eigenvalue weighted by molar-refractivity contribution is 0.355. The van der Waals surface area contributed by atoms with E-state index in [2.05, 4.69) is 40.1 Å². The maximum atomic E-state index is 5.32. The second-order valence-corrected chi connectivity index (χ2v) is 6.04. The minimum Gasteiger partial charge on any atom is -0.493 e. The van der Waals surface area contributed by atoms with Crippen LogP contribution in [0.1, 0.15) is 17.7 Å². The van der Waals surface area contributed by atoms with Crippen molar-refractivity contribution in [3.63, 3.8) is 0 Å². The number of rotatable bonds is 6. The molecule has 1 atom stereocenters. The van der Waals surface area contributed by atoms with Crippen molar-refractivity contribution in [2.45, 2.75) is 12.8 Å². The zero-order valence-corrected chi connectivity index (χ0v) is 14.7. The van der Waals surface area contributed by atoms with Gasteiger partial charge in [0.1, 0.15) is 0 Å². The predicted molar refractivity (Wildman–Crippen MR) is 97.3 cm³/mol. The zero-order chi connectivity index (χ0) is 16.7. The monoisotopic (exact) mass is 333 g/mol. The van der Waals surface area contributed by atoms with Crippen LogP contribution >= 0.6 is 11.3 Å². The van der Waals surface area contributed by atoms with E-state index >= 15 is 0 Å². The summed E-state index contributed by atoms with van der Waals surface area (Å²) in [5.74, 6) is 2.53. The lowest BCUT2D eigenvalue weighted by atomic mass is 10.1. The van der Waals surface area contributed by atoms with Gasteiger partial charge in [0.2, 0.25) is 0 Å². The first kappa shape index (κ1) is 17.1. The van der Waals surface area contributed by atoms with Crippen molar-refractivity contribution in [3.05, 3.63) is 40.6 Å². The molecule has 2 aromatic rings. The fraction of sp³-hybridized carbons (Fsp3) is 0.353. The molecule has 1 aromatic heterocycles. The first-order valence-corrected chi connectivity index (χ1v) is 8.29. The largest absolute Gasteiger partial charge is 0.493 e. The smallest absolute Gasteiger partial charge is 0.195 e. The van der Waals surface area contributed by atoms with E-state index in [1.807, 2.05) is 18.2 Å². The third-order valence-electron chi connectivity index (χ3n) is 3.47. The van der Waals surface area contributed by atoms with Crippen molar-refractivity contribution < 1.29 is 9.47 Å². The van der Waals surface area contributed by atoms with E-state index in [4.69, 9.17) is 9.47 Å². The Balaban J connectivity index is 1.97. The highest BCUT2D eigenvalue weighted by Crippen LogP contribution is 2.29. The first-order chi connectivity index (χ1) is 11.2. The van der Waals surface area contributed by atoms with Crippen molar-refractivity contribution in [1.82, 2.24) is 5.32 Å². The van der Waals surface area contributed by atoms with E-state index in [9.17, 15) is 0 Å². The molecule has 0 spiro atoms. The number of thiophene rings is 1. The van der Waals surface area contributed by atoms with Crippen molar-refractivity contribution in [2.75, 3.05) is 33.1 Å². The maximum Gasteiger partial charge on any atom is 0.195 e. The number of anilines is 1. The molecule has 23 heavy (non-hydrogen) atoms. The molecule has 1 heterocycles. The van der Waals surface area contributed by atoms with Gasteiger partial charge < -0.3 is 20.1 Å². The average Bonchev–Trinajstić information content (AvgIpc) is 3.12. The van der Waals surface area contributed by atoms with E-state index in [1.54, 1.807) is 32.6 Å². The molecule has 0 radical (unpaired) electrons. The predicted octanol–water partition coefficient (Wildman–Crippen LogP) is 3.56. The number of guanidine groups is 1. The number of aliphatic imine (C=N–C) groups is 1. The molecule has 0 saturated carbocycles. The van der Waals surface area contributed by atoms with Crippen LogP contribution in [0, 0.1) is 0 Å². The van der Waals surface area contributed by atoms with E-state index in [0.717, 1.165) is 18.2 Å². The Hall–Kier alpha value is -2.21. The molecule has 2 rings (SSSR count). The van der Waals surface area contributed by atoms with Gasteiger partial charge >= 0.3 is 0 Å². The van der Waals surface area contributed by atoms with Crippen LogP contribution in [-0.4, -0.2) is 33.8 Å². The fourth-order valence-electron chi connectivity index (χ4n) is 2.15. The Morgan fingerprint density at radius 3 is 2.61 bits per heavy atom. The molecule has 1 unspecified atom stereocenters. The summed E-state index contributed by atoms with van der Waals surface area (Å²) in [5, 5.41) is 8.71. The van der Waals surface area contributed by atoms with Crippen molar-refractivity contribution >= 4 is 23.0 Å². The molecule has 1 aromatic carbocycles. The minimum atomic E-state index is 0.430. The van der Waals surface area contributed by atoms with Gasteiger partial charge in [-0.25, -0.2) is 0 Å². The molecule has 2 N–H and O–H groups in total. The quantitative estimate of drug-likeness (QED) is 0.627. The molecule has 124 valence electrons. The summed E-state index contributed by atoms with van der Waals surface area (Å²) in [5.41, 5.74) is 0.888. The van der Waals surface area contributed by atoms with E-state index in [-0.39, 0.29) is 0 Å². The fourth-order valence-corrected chi connectivity index (χ4v) is 2.94. The number of nitrogens with one attached hydrogen (secondary N) is 2. The van der Waals surface area contributed by atoms with E-state index in [1.165, 1.54) is 4.88 Å². The summed E-state index contributed by atoms with van der Waals surface area (Å²) in [6.07, 6.45) is 0. The van der Waals surface area contributed by atoms with Gasteiger partial charge in [-0.3, -0.25) is 4.99 Å².